The summed E-state index contributed by atoms with van der Waals surface area (Å²) in [6, 6.07) is 0. The van der Waals surface area contributed by atoms with Crippen LogP contribution in [-0.2, 0) is 3.08 Å². The zero-order chi connectivity index (χ0) is 17.1. The minimum absolute atomic E-state index is 1.11. The van der Waals surface area contributed by atoms with Gasteiger partial charge in [-0.3, -0.25) is 0 Å². The van der Waals surface area contributed by atoms with Crippen LogP contribution in [0.4, 0.5) is 0 Å². The molecule has 1 nitrogen and oxygen atoms in total. The Labute approximate surface area is 163 Å². The van der Waals surface area contributed by atoms with E-state index in [2.05, 4.69) is 13.8 Å². The van der Waals surface area contributed by atoms with E-state index in [0.29, 0.717) is 0 Å². The summed E-state index contributed by atoms with van der Waals surface area (Å²) in [5.74, 6) is 0. The van der Waals surface area contributed by atoms with Crippen molar-refractivity contribution in [2.24, 2.45) is 0 Å². The van der Waals surface area contributed by atoms with Crippen LogP contribution in [0.2, 0.25) is 8.87 Å². The maximum Gasteiger partial charge on any atom is 0.643 e. The van der Waals surface area contributed by atoms with Crippen LogP contribution in [0.3, 0.4) is 0 Å². The van der Waals surface area contributed by atoms with Crippen LogP contribution in [0, 0.1) is 0 Å². The van der Waals surface area contributed by atoms with Crippen LogP contribution in [-0.4, -0.2) is 31.1 Å². The molecule has 0 bridgehead atoms. The molecule has 22 heavy (non-hydrogen) atoms. The fourth-order valence-corrected chi connectivity index (χ4v) is 6.72. The minimum atomic E-state index is -2.11. The molecule has 0 fully saturated rings. The molecule has 0 unspecified atom stereocenters. The molecule has 0 rings (SSSR count). The first kappa shape index (κ1) is 26.2. The van der Waals surface area contributed by atoms with Gasteiger partial charge in [0.15, 0.2) is 0 Å². The third-order valence-corrected chi connectivity index (χ3v) is 8.82. The van der Waals surface area contributed by atoms with E-state index in [-0.39, 0.29) is 0 Å². The third-order valence-electron chi connectivity index (χ3n) is 3.62. The second-order valence-corrected chi connectivity index (χ2v) is 18.2. The van der Waals surface area contributed by atoms with Crippen molar-refractivity contribution in [1.29, 1.82) is 0 Å². The molecule has 0 heterocycles. The van der Waals surface area contributed by atoms with E-state index in [1.165, 1.54) is 77.0 Å². The number of rotatable bonds is 14. The SMILES string of the molecule is CCCCCCC[CH2][Sn](=[O])[CH2]CCCCCCC.[Cl][Al]([Cl])[Cl]. The van der Waals surface area contributed by atoms with Gasteiger partial charge < -0.3 is 0 Å². The first-order chi connectivity index (χ1) is 10.5. The van der Waals surface area contributed by atoms with Crippen molar-refractivity contribution >= 4 is 61.3 Å². The van der Waals surface area contributed by atoms with E-state index in [4.69, 9.17) is 30.1 Å². The second-order valence-electron chi connectivity index (χ2n) is 5.82. The van der Waals surface area contributed by atoms with E-state index in [9.17, 15) is 3.08 Å². The van der Waals surface area contributed by atoms with Gasteiger partial charge in [0.05, 0.1) is 0 Å². The van der Waals surface area contributed by atoms with Gasteiger partial charge in [0.2, 0.25) is 0 Å². The number of hydrogen-bond acceptors (Lipinski definition) is 1. The van der Waals surface area contributed by atoms with Gasteiger partial charge in [0.25, 0.3) is 0 Å². The first-order valence-electron chi connectivity index (χ1n) is 8.98. The Kier molecular flexibility index (Phi) is 27.4. The standard InChI is InChI=1S/2C8H17.Al.3ClH.O.Sn/c2*1-3-5-7-8-6-4-2;;;;;;/h2*1,3-8H2,2H3;;3*1H;;/q;;+3;;;;;/p-3. The molecule has 0 aromatic carbocycles. The smallest absolute Gasteiger partial charge is 0.214 e. The van der Waals surface area contributed by atoms with E-state index < -0.39 is 31.1 Å². The van der Waals surface area contributed by atoms with Crippen molar-refractivity contribution in [2.45, 2.75) is 99.8 Å². The monoisotopic (exact) mass is 494 g/mol. The average molecular weight is 494 g/mol. The van der Waals surface area contributed by atoms with Crippen molar-refractivity contribution in [1.82, 2.24) is 0 Å². The number of hydrogen-bond donors (Lipinski definition) is 0. The Bertz CT molecular complexity index is 211. The molecule has 0 amide bonds. The summed E-state index contributed by atoms with van der Waals surface area (Å²) in [4.78, 5) is 0. The Morgan fingerprint density at radius 3 is 1.23 bits per heavy atom. The van der Waals surface area contributed by atoms with Crippen LogP contribution >= 0.6 is 30.1 Å². The molecule has 0 aliphatic rings. The first-order valence-corrected chi connectivity index (χ1v) is 19.4. The quantitative estimate of drug-likeness (QED) is 0.178. The molecular weight excluding hydrogens is 460 g/mol. The van der Waals surface area contributed by atoms with Crippen molar-refractivity contribution in [2.75, 3.05) is 0 Å². The summed E-state index contributed by atoms with van der Waals surface area (Å²) in [5, 5.41) is 0. The number of unbranched alkanes of at least 4 members (excludes halogenated alkanes) is 10. The van der Waals surface area contributed by atoms with Crippen LogP contribution in [0.1, 0.15) is 90.9 Å². The Balaban J connectivity index is 0. The average Bonchev–Trinajstić information content (AvgIpc) is 2.46. The van der Waals surface area contributed by atoms with Gasteiger partial charge in [-0.15, -0.1) is 0 Å². The van der Waals surface area contributed by atoms with Gasteiger partial charge in [0, 0.05) is 0 Å². The van der Waals surface area contributed by atoms with Crippen molar-refractivity contribution in [3.8, 4) is 0 Å². The predicted molar refractivity (Wildman–Crippen MR) is 106 cm³/mol. The molecule has 0 N–H and O–H groups in total. The van der Waals surface area contributed by atoms with Gasteiger partial charge in [0.1, 0.15) is 0 Å². The molecule has 0 aliphatic carbocycles. The molecule has 132 valence electrons. The Morgan fingerprint density at radius 1 is 0.636 bits per heavy atom. The van der Waals surface area contributed by atoms with Crippen LogP contribution in [0.15, 0.2) is 0 Å². The van der Waals surface area contributed by atoms with E-state index in [0.717, 1.165) is 8.87 Å². The number of halogens is 3. The second kappa shape index (κ2) is 23.0. The van der Waals surface area contributed by atoms with Gasteiger partial charge in [-0.05, 0) is 0 Å². The van der Waals surface area contributed by atoms with Crippen LogP contribution in [0.25, 0.3) is 0 Å². The molecule has 0 aliphatic heterocycles. The largest absolute Gasteiger partial charge is 0.643 e. The summed E-state index contributed by atoms with van der Waals surface area (Å²) < 4.78 is 14.1. The van der Waals surface area contributed by atoms with Crippen LogP contribution < -0.4 is 0 Å². The molecule has 0 aromatic heterocycles. The summed E-state index contributed by atoms with van der Waals surface area (Å²) in [7, 11) is 14.8. The summed E-state index contributed by atoms with van der Waals surface area (Å²) >= 11 is -3.83. The molecule has 0 saturated heterocycles. The maximum atomic E-state index is 11.9. The zero-order valence-corrected chi connectivity index (χ0v) is 20.8. The molecule has 6 heteroatoms. The summed E-state index contributed by atoms with van der Waals surface area (Å²) in [5.41, 5.74) is 0. The molecule has 0 aromatic rings. The van der Waals surface area contributed by atoms with E-state index in [1.54, 1.807) is 0 Å². The minimum Gasteiger partial charge on any atom is -0.214 e. The van der Waals surface area contributed by atoms with Gasteiger partial charge >= 0.3 is 134 Å². The Morgan fingerprint density at radius 2 is 0.909 bits per heavy atom. The Hall–Kier alpha value is 2.00. The fourth-order valence-electron chi connectivity index (χ4n) is 2.33. The van der Waals surface area contributed by atoms with Gasteiger partial charge in [-0.25, -0.2) is 30.1 Å². The summed E-state index contributed by atoms with van der Waals surface area (Å²) in [6.07, 6.45) is 16.0. The van der Waals surface area contributed by atoms with Crippen molar-refractivity contribution in [3.05, 3.63) is 0 Å². The topological polar surface area (TPSA) is 17.1 Å². The van der Waals surface area contributed by atoms with Crippen LogP contribution in [0.5, 0.6) is 0 Å². The summed E-state index contributed by atoms with van der Waals surface area (Å²) in [6.45, 7) is 4.51. The molecule has 0 radical (unpaired) electrons. The zero-order valence-electron chi connectivity index (χ0n) is 14.5. The molecule has 0 saturated carbocycles. The van der Waals surface area contributed by atoms with Crippen molar-refractivity contribution < 1.29 is 3.08 Å². The molecule has 0 spiro atoms. The maximum absolute atomic E-state index is 11.9. The molecule has 0 atom stereocenters. The fraction of sp³-hybridized carbons (Fsp3) is 1.00. The predicted octanol–water partition coefficient (Wildman–Crippen LogP) is 7.82. The van der Waals surface area contributed by atoms with Crippen molar-refractivity contribution in [3.63, 3.8) is 0 Å². The third kappa shape index (κ3) is 29.9. The van der Waals surface area contributed by atoms with Gasteiger partial charge in [-0.1, -0.05) is 0 Å². The molecular formula is C16H34AlCl3OSn. The normalized spacial score (nSPS) is 10.0. The van der Waals surface area contributed by atoms with Gasteiger partial charge in [-0.2, -0.15) is 0 Å². The van der Waals surface area contributed by atoms with E-state index >= 15 is 0 Å². The van der Waals surface area contributed by atoms with E-state index in [1.807, 2.05) is 0 Å².